The molecule has 1 heterocycles. The second kappa shape index (κ2) is 5.39. The van der Waals surface area contributed by atoms with Gasteiger partial charge in [-0.05, 0) is 24.3 Å². The molecule has 98 valence electrons. The van der Waals surface area contributed by atoms with Crippen LogP contribution in [0.15, 0.2) is 42.6 Å². The third-order valence-electron chi connectivity index (χ3n) is 2.68. The number of hydrogen-bond acceptors (Lipinski definition) is 4. The fourth-order valence-corrected chi connectivity index (χ4v) is 1.77. The summed E-state index contributed by atoms with van der Waals surface area (Å²) in [6.45, 7) is 0. The van der Waals surface area contributed by atoms with Gasteiger partial charge in [0.05, 0.1) is 11.4 Å². The van der Waals surface area contributed by atoms with Crippen LogP contribution < -0.4 is 10.2 Å². The van der Waals surface area contributed by atoms with Crippen molar-refractivity contribution in [3.05, 3.63) is 48.2 Å². The molecule has 0 saturated heterocycles. The highest BCUT2D eigenvalue weighted by Crippen LogP contribution is 2.27. The van der Waals surface area contributed by atoms with E-state index in [1.165, 1.54) is 6.07 Å². The summed E-state index contributed by atoms with van der Waals surface area (Å²) < 4.78 is 0. The number of para-hydroxylation sites is 2. The minimum absolute atomic E-state index is 0.149. The van der Waals surface area contributed by atoms with Gasteiger partial charge in [-0.1, -0.05) is 12.1 Å². The number of rotatable bonds is 4. The number of nitrogens with one attached hydrogen (secondary N) is 1. The third-order valence-corrected chi connectivity index (χ3v) is 2.68. The molecule has 5 nitrogen and oxygen atoms in total. The minimum atomic E-state index is -1.00. The van der Waals surface area contributed by atoms with Crippen LogP contribution in [0.5, 0.6) is 0 Å². The number of benzene rings is 1. The average molecular weight is 257 g/mol. The number of nitrogens with zero attached hydrogens (tertiary/aromatic N) is 2. The number of carboxylic acids is 1. The van der Waals surface area contributed by atoms with E-state index in [2.05, 4.69) is 10.3 Å². The number of carboxylic acid groups (broad SMARTS) is 1. The van der Waals surface area contributed by atoms with Gasteiger partial charge in [0.15, 0.2) is 0 Å². The molecule has 1 aromatic heterocycles. The lowest BCUT2D eigenvalue weighted by Crippen LogP contribution is -2.12. The zero-order valence-electron chi connectivity index (χ0n) is 10.8. The van der Waals surface area contributed by atoms with E-state index in [0.29, 0.717) is 5.82 Å². The van der Waals surface area contributed by atoms with Gasteiger partial charge >= 0.3 is 5.97 Å². The Morgan fingerprint density at radius 3 is 2.63 bits per heavy atom. The maximum absolute atomic E-state index is 11.1. The predicted molar refractivity (Wildman–Crippen MR) is 75.2 cm³/mol. The van der Waals surface area contributed by atoms with Crippen molar-refractivity contribution < 1.29 is 9.90 Å². The summed E-state index contributed by atoms with van der Waals surface area (Å²) in [5.74, 6) is -0.665. The minimum Gasteiger partial charge on any atom is -0.478 e. The van der Waals surface area contributed by atoms with Crippen LogP contribution in [-0.2, 0) is 0 Å². The molecule has 0 amide bonds. The lowest BCUT2D eigenvalue weighted by atomic mass is 10.2. The lowest BCUT2D eigenvalue weighted by Gasteiger charge is -2.18. The highest BCUT2D eigenvalue weighted by Gasteiger charge is 2.12. The Bertz CT molecular complexity index is 597. The molecule has 0 unspecified atom stereocenters. The second-order valence-corrected chi connectivity index (χ2v) is 4.24. The van der Waals surface area contributed by atoms with Gasteiger partial charge in [0, 0.05) is 20.3 Å². The summed E-state index contributed by atoms with van der Waals surface area (Å²) in [7, 11) is 3.86. The Balaban J connectivity index is 2.39. The van der Waals surface area contributed by atoms with Crippen LogP contribution in [0.4, 0.5) is 17.2 Å². The second-order valence-electron chi connectivity index (χ2n) is 4.24. The highest BCUT2D eigenvalue weighted by atomic mass is 16.4. The quantitative estimate of drug-likeness (QED) is 0.881. The van der Waals surface area contributed by atoms with Crippen LogP contribution in [0, 0.1) is 0 Å². The summed E-state index contributed by atoms with van der Waals surface area (Å²) in [5.41, 5.74) is 1.93. The topological polar surface area (TPSA) is 65.5 Å². The monoisotopic (exact) mass is 257 g/mol. The number of aromatic carboxylic acids is 1. The van der Waals surface area contributed by atoms with Crippen LogP contribution in [0.25, 0.3) is 0 Å². The van der Waals surface area contributed by atoms with Crippen LogP contribution in [0.2, 0.25) is 0 Å². The summed E-state index contributed by atoms with van der Waals surface area (Å²) in [5, 5.41) is 12.2. The summed E-state index contributed by atoms with van der Waals surface area (Å²) >= 11 is 0. The molecule has 19 heavy (non-hydrogen) atoms. The Morgan fingerprint density at radius 1 is 1.21 bits per heavy atom. The van der Waals surface area contributed by atoms with Crippen molar-refractivity contribution in [1.82, 2.24) is 4.98 Å². The molecular weight excluding hydrogens is 242 g/mol. The van der Waals surface area contributed by atoms with Crippen LogP contribution in [0.1, 0.15) is 10.4 Å². The fourth-order valence-electron chi connectivity index (χ4n) is 1.77. The number of pyridine rings is 1. The summed E-state index contributed by atoms with van der Waals surface area (Å²) in [4.78, 5) is 17.2. The molecule has 0 aliphatic heterocycles. The van der Waals surface area contributed by atoms with Gasteiger partial charge < -0.3 is 15.3 Å². The largest absolute Gasteiger partial charge is 0.478 e. The van der Waals surface area contributed by atoms with Crippen molar-refractivity contribution in [2.75, 3.05) is 24.3 Å². The maximum atomic E-state index is 11.1. The molecule has 1 aromatic carbocycles. The van der Waals surface area contributed by atoms with E-state index < -0.39 is 5.97 Å². The van der Waals surface area contributed by atoms with Gasteiger partial charge in [0.1, 0.15) is 11.4 Å². The molecule has 0 radical (unpaired) electrons. The predicted octanol–water partition coefficient (Wildman–Crippen LogP) is 2.59. The number of hydrogen-bond donors (Lipinski definition) is 2. The van der Waals surface area contributed by atoms with Crippen LogP contribution in [0.3, 0.4) is 0 Å². The molecular formula is C14H15N3O2. The molecule has 2 aromatic rings. The van der Waals surface area contributed by atoms with E-state index >= 15 is 0 Å². The van der Waals surface area contributed by atoms with Crippen molar-refractivity contribution in [2.24, 2.45) is 0 Å². The average Bonchev–Trinajstić information content (AvgIpc) is 2.39. The Kier molecular flexibility index (Phi) is 3.66. The van der Waals surface area contributed by atoms with Gasteiger partial charge in [-0.3, -0.25) is 0 Å². The van der Waals surface area contributed by atoms with Crippen molar-refractivity contribution in [3.8, 4) is 0 Å². The molecule has 0 atom stereocenters. The van der Waals surface area contributed by atoms with Gasteiger partial charge in [0.25, 0.3) is 0 Å². The van der Waals surface area contributed by atoms with E-state index in [9.17, 15) is 4.79 Å². The van der Waals surface area contributed by atoms with E-state index in [-0.39, 0.29) is 5.56 Å². The molecule has 0 spiro atoms. The lowest BCUT2D eigenvalue weighted by molar-refractivity contribution is 0.0697. The van der Waals surface area contributed by atoms with E-state index in [1.54, 1.807) is 12.3 Å². The molecule has 0 aliphatic rings. The normalized spacial score (nSPS) is 10.0. The fraction of sp³-hybridized carbons (Fsp3) is 0.143. The van der Waals surface area contributed by atoms with Crippen molar-refractivity contribution in [1.29, 1.82) is 0 Å². The molecule has 5 heteroatoms. The molecule has 2 rings (SSSR count). The first-order chi connectivity index (χ1) is 9.09. The molecule has 0 bridgehead atoms. The smallest absolute Gasteiger partial charge is 0.339 e. The molecule has 2 N–H and O–H groups in total. The Hall–Kier alpha value is -2.56. The third kappa shape index (κ3) is 2.82. The Morgan fingerprint density at radius 2 is 1.95 bits per heavy atom. The number of anilines is 3. The van der Waals surface area contributed by atoms with Gasteiger partial charge in [-0.15, -0.1) is 0 Å². The molecule has 0 saturated carbocycles. The Labute approximate surface area is 111 Å². The van der Waals surface area contributed by atoms with Crippen molar-refractivity contribution in [2.45, 2.75) is 0 Å². The van der Waals surface area contributed by atoms with E-state index in [1.807, 2.05) is 43.3 Å². The van der Waals surface area contributed by atoms with Crippen molar-refractivity contribution >= 4 is 23.2 Å². The SMILES string of the molecule is CN(C)c1ccccc1Nc1ncccc1C(=O)O. The van der Waals surface area contributed by atoms with E-state index in [0.717, 1.165) is 11.4 Å². The van der Waals surface area contributed by atoms with Gasteiger partial charge in [-0.2, -0.15) is 0 Å². The van der Waals surface area contributed by atoms with E-state index in [4.69, 9.17) is 5.11 Å². The first-order valence-electron chi connectivity index (χ1n) is 5.81. The number of carbonyl (C=O) groups is 1. The number of aromatic nitrogens is 1. The maximum Gasteiger partial charge on any atom is 0.339 e. The van der Waals surface area contributed by atoms with Gasteiger partial charge in [-0.25, -0.2) is 9.78 Å². The molecule has 0 aliphatic carbocycles. The standard InChI is InChI=1S/C14H15N3O2/c1-17(2)12-8-4-3-7-11(12)16-13-10(14(18)19)6-5-9-15-13/h3-9H,1-2H3,(H,15,16)(H,18,19). The zero-order valence-corrected chi connectivity index (χ0v) is 10.8. The van der Waals surface area contributed by atoms with Crippen LogP contribution >= 0.6 is 0 Å². The van der Waals surface area contributed by atoms with Crippen molar-refractivity contribution in [3.63, 3.8) is 0 Å². The van der Waals surface area contributed by atoms with Crippen LogP contribution in [-0.4, -0.2) is 30.2 Å². The summed E-state index contributed by atoms with van der Waals surface area (Å²) in [6.07, 6.45) is 1.56. The zero-order chi connectivity index (χ0) is 13.8. The molecule has 0 fully saturated rings. The first-order valence-corrected chi connectivity index (χ1v) is 5.81. The first kappa shape index (κ1) is 12.9. The summed E-state index contributed by atoms with van der Waals surface area (Å²) in [6, 6.07) is 10.8. The van der Waals surface area contributed by atoms with Gasteiger partial charge in [0.2, 0.25) is 0 Å². The highest BCUT2D eigenvalue weighted by molar-refractivity contribution is 5.94.